The van der Waals surface area contributed by atoms with Crippen LogP contribution in [0.3, 0.4) is 0 Å². The van der Waals surface area contributed by atoms with Crippen LogP contribution >= 0.6 is 0 Å². The van der Waals surface area contributed by atoms with Crippen LogP contribution in [0.15, 0.2) is 91.6 Å². The first-order chi connectivity index (χ1) is 23.8. The SMILES string of the molecule is C=CCNC(=O)c1cnc(Nc2ccc(N3CCN(CCCCCCNc4ccccc4)CC3)cc2)nc1Nc1cccc(C(F)(F)F)n1. The number of rotatable bonds is 16. The van der Waals surface area contributed by atoms with Crippen molar-refractivity contribution in [1.29, 1.82) is 0 Å². The second kappa shape index (κ2) is 17.3. The zero-order valence-electron chi connectivity index (χ0n) is 27.3. The standard InChI is InChI=1S/C36H42F3N9O/c1-2-19-41-34(49)30-26-42-35(46-33(30)45-32-14-10-13-31(44-32)36(37,38)39)43-28-15-17-29(18-16-28)48-24-22-47(23-25-48)21-9-4-3-8-20-40-27-11-6-5-7-12-27/h2,5-7,10-18,26,40H,1,3-4,8-9,19-25H2,(H,41,49)(H2,42,43,44,45,46). The van der Waals surface area contributed by atoms with Crippen molar-refractivity contribution in [3.05, 3.63) is 103 Å². The molecule has 1 fully saturated rings. The van der Waals surface area contributed by atoms with Crippen molar-refractivity contribution in [3.63, 3.8) is 0 Å². The summed E-state index contributed by atoms with van der Waals surface area (Å²) in [5, 5.41) is 12.0. The van der Waals surface area contributed by atoms with Gasteiger partial charge in [0, 0.05) is 62.5 Å². The van der Waals surface area contributed by atoms with Gasteiger partial charge in [0.15, 0.2) is 0 Å². The van der Waals surface area contributed by atoms with Crippen molar-refractivity contribution >= 4 is 40.6 Å². The molecule has 1 aliphatic heterocycles. The molecule has 0 bridgehead atoms. The fourth-order valence-electron chi connectivity index (χ4n) is 5.46. The van der Waals surface area contributed by atoms with Crippen LogP contribution in [0, 0.1) is 0 Å². The molecule has 4 N–H and O–H groups in total. The number of carbonyl (C=O) groups is 1. The van der Waals surface area contributed by atoms with E-state index < -0.39 is 17.8 Å². The lowest BCUT2D eigenvalue weighted by Gasteiger charge is -2.36. The number of unbranched alkanes of at least 4 members (excludes halogenated alkanes) is 3. The molecule has 10 nitrogen and oxygen atoms in total. The van der Waals surface area contributed by atoms with E-state index in [1.165, 1.54) is 55.8 Å². The summed E-state index contributed by atoms with van der Waals surface area (Å²) in [6.07, 6.45) is 3.04. The van der Waals surface area contributed by atoms with Crippen LogP contribution < -0.4 is 26.2 Å². The average molecular weight is 674 g/mol. The highest BCUT2D eigenvalue weighted by Gasteiger charge is 2.32. The summed E-state index contributed by atoms with van der Waals surface area (Å²) in [6.45, 7) is 9.84. The topological polar surface area (TPSA) is 110 Å². The Morgan fingerprint density at radius 3 is 2.33 bits per heavy atom. The number of piperazine rings is 1. The zero-order chi connectivity index (χ0) is 34.5. The van der Waals surface area contributed by atoms with E-state index in [0.717, 1.165) is 51.0 Å². The molecule has 258 valence electrons. The van der Waals surface area contributed by atoms with Crippen LogP contribution in [-0.4, -0.2) is 71.6 Å². The summed E-state index contributed by atoms with van der Waals surface area (Å²) in [7, 11) is 0. The summed E-state index contributed by atoms with van der Waals surface area (Å²) < 4.78 is 39.7. The molecule has 1 aliphatic rings. The number of carbonyl (C=O) groups excluding carboxylic acids is 1. The first kappa shape index (κ1) is 35.1. The van der Waals surface area contributed by atoms with Gasteiger partial charge in [0.05, 0.1) is 0 Å². The van der Waals surface area contributed by atoms with E-state index >= 15 is 0 Å². The number of alkyl halides is 3. The number of halogens is 3. The van der Waals surface area contributed by atoms with Gasteiger partial charge < -0.3 is 26.2 Å². The quantitative estimate of drug-likeness (QED) is 0.0732. The van der Waals surface area contributed by atoms with Gasteiger partial charge in [-0.2, -0.15) is 18.2 Å². The van der Waals surface area contributed by atoms with Crippen LogP contribution in [-0.2, 0) is 6.18 Å². The molecule has 0 saturated carbocycles. The van der Waals surface area contributed by atoms with Crippen molar-refractivity contribution in [3.8, 4) is 0 Å². The maximum absolute atomic E-state index is 13.2. The van der Waals surface area contributed by atoms with Crippen LogP contribution in [0.25, 0.3) is 0 Å². The number of nitrogens with one attached hydrogen (secondary N) is 4. The fraction of sp³-hybridized carbons (Fsp3) is 0.333. The van der Waals surface area contributed by atoms with Gasteiger partial charge in [0.25, 0.3) is 5.91 Å². The number of benzene rings is 2. The summed E-state index contributed by atoms with van der Waals surface area (Å²) >= 11 is 0. The Labute approximate surface area is 284 Å². The first-order valence-corrected chi connectivity index (χ1v) is 16.5. The third kappa shape index (κ3) is 10.7. The van der Waals surface area contributed by atoms with Gasteiger partial charge in [-0.1, -0.05) is 43.2 Å². The van der Waals surface area contributed by atoms with Crippen LogP contribution in [0.1, 0.15) is 41.7 Å². The Kier molecular flexibility index (Phi) is 12.4. The molecular formula is C36H42F3N9O. The number of hydrogen-bond acceptors (Lipinski definition) is 9. The van der Waals surface area contributed by atoms with Gasteiger partial charge in [-0.25, -0.2) is 9.97 Å². The third-order valence-electron chi connectivity index (χ3n) is 8.09. The highest BCUT2D eigenvalue weighted by molar-refractivity contribution is 5.99. The lowest BCUT2D eigenvalue weighted by molar-refractivity contribution is -0.141. The molecule has 2 aromatic heterocycles. The molecule has 1 saturated heterocycles. The average Bonchev–Trinajstić information content (AvgIpc) is 3.11. The van der Waals surface area contributed by atoms with Crippen molar-refractivity contribution < 1.29 is 18.0 Å². The Morgan fingerprint density at radius 2 is 1.59 bits per heavy atom. The van der Waals surface area contributed by atoms with Crippen molar-refractivity contribution in [2.45, 2.75) is 31.9 Å². The van der Waals surface area contributed by atoms with E-state index in [0.29, 0.717) is 5.69 Å². The van der Waals surface area contributed by atoms with E-state index in [-0.39, 0.29) is 29.7 Å². The summed E-state index contributed by atoms with van der Waals surface area (Å²) in [4.78, 5) is 30.0. The molecule has 5 rings (SSSR count). The molecule has 0 atom stereocenters. The molecule has 49 heavy (non-hydrogen) atoms. The molecule has 3 heterocycles. The molecule has 0 unspecified atom stereocenters. The molecule has 2 aromatic carbocycles. The van der Waals surface area contributed by atoms with Crippen molar-refractivity contribution in [1.82, 2.24) is 25.2 Å². The smallest absolute Gasteiger partial charge is 0.385 e. The summed E-state index contributed by atoms with van der Waals surface area (Å²) in [6, 6.07) is 21.7. The molecule has 1 amide bonds. The van der Waals surface area contributed by atoms with E-state index in [1.54, 1.807) is 0 Å². The van der Waals surface area contributed by atoms with Gasteiger partial charge >= 0.3 is 6.18 Å². The molecule has 0 aliphatic carbocycles. The third-order valence-corrected chi connectivity index (χ3v) is 8.09. The number of pyridine rings is 1. The number of hydrogen-bond donors (Lipinski definition) is 4. The maximum Gasteiger partial charge on any atom is 0.433 e. The Morgan fingerprint density at radius 1 is 0.837 bits per heavy atom. The Hall–Kier alpha value is -5.17. The van der Waals surface area contributed by atoms with Gasteiger partial charge in [0.1, 0.15) is 22.9 Å². The number of amides is 1. The highest BCUT2D eigenvalue weighted by atomic mass is 19.4. The highest BCUT2D eigenvalue weighted by Crippen LogP contribution is 2.29. The van der Waals surface area contributed by atoms with Gasteiger partial charge in [0.2, 0.25) is 5.95 Å². The maximum atomic E-state index is 13.2. The van der Waals surface area contributed by atoms with Gasteiger partial charge in [-0.3, -0.25) is 9.69 Å². The second-order valence-corrected chi connectivity index (χ2v) is 11.7. The lowest BCUT2D eigenvalue weighted by Crippen LogP contribution is -2.46. The van der Waals surface area contributed by atoms with E-state index in [1.807, 2.05) is 42.5 Å². The van der Waals surface area contributed by atoms with Crippen LogP contribution in [0.4, 0.5) is 47.8 Å². The minimum atomic E-state index is -4.62. The monoisotopic (exact) mass is 673 g/mol. The number of anilines is 6. The number of aromatic nitrogens is 3. The minimum Gasteiger partial charge on any atom is -0.385 e. The van der Waals surface area contributed by atoms with E-state index in [9.17, 15) is 18.0 Å². The molecule has 13 heteroatoms. The zero-order valence-corrected chi connectivity index (χ0v) is 27.3. The predicted octanol–water partition coefficient (Wildman–Crippen LogP) is 7.09. The molecule has 0 spiro atoms. The number of para-hydroxylation sites is 1. The Bertz CT molecular complexity index is 1640. The van der Waals surface area contributed by atoms with Gasteiger partial charge in [-0.05, 0) is 67.9 Å². The van der Waals surface area contributed by atoms with Crippen LogP contribution in [0.5, 0.6) is 0 Å². The van der Waals surface area contributed by atoms with E-state index in [2.05, 4.69) is 64.7 Å². The summed E-state index contributed by atoms with van der Waals surface area (Å²) in [5.41, 5.74) is 1.98. The second-order valence-electron chi connectivity index (χ2n) is 11.7. The molecule has 4 aromatic rings. The fourth-order valence-corrected chi connectivity index (χ4v) is 5.46. The normalized spacial score (nSPS) is 13.5. The summed E-state index contributed by atoms with van der Waals surface area (Å²) in [5.74, 6) is -0.477. The lowest BCUT2D eigenvalue weighted by atomic mass is 10.1. The molecular weight excluding hydrogens is 631 g/mol. The predicted molar refractivity (Wildman–Crippen MR) is 189 cm³/mol. The van der Waals surface area contributed by atoms with Gasteiger partial charge in [-0.15, -0.1) is 6.58 Å². The van der Waals surface area contributed by atoms with E-state index in [4.69, 9.17) is 0 Å². The van der Waals surface area contributed by atoms with Crippen LogP contribution in [0.2, 0.25) is 0 Å². The Balaban J connectivity index is 1.11. The first-order valence-electron chi connectivity index (χ1n) is 16.5. The van der Waals surface area contributed by atoms with Crippen molar-refractivity contribution in [2.24, 2.45) is 0 Å². The number of nitrogens with zero attached hydrogens (tertiary/aromatic N) is 5. The molecule has 0 radical (unpaired) electrons. The minimum absolute atomic E-state index is 0.000412. The largest absolute Gasteiger partial charge is 0.433 e. The van der Waals surface area contributed by atoms with Crippen molar-refractivity contribution in [2.75, 3.05) is 66.7 Å².